The average molecular weight is 207 g/mol. The molecule has 0 aliphatic carbocycles. The van der Waals surface area contributed by atoms with Gasteiger partial charge in [0.1, 0.15) is 5.82 Å². The van der Waals surface area contributed by atoms with Crippen molar-refractivity contribution >= 4 is 16.7 Å². The van der Waals surface area contributed by atoms with Crippen LogP contribution in [-0.2, 0) is 0 Å². The van der Waals surface area contributed by atoms with Crippen molar-refractivity contribution in [2.75, 3.05) is 0 Å². The van der Waals surface area contributed by atoms with Crippen LogP contribution in [0.15, 0.2) is 29.2 Å². The number of aromatic amines is 1. The van der Waals surface area contributed by atoms with Crippen molar-refractivity contribution in [1.29, 1.82) is 0 Å². The van der Waals surface area contributed by atoms with Gasteiger partial charge in [-0.2, -0.15) is 0 Å². The third-order valence-corrected chi connectivity index (χ3v) is 2.10. The summed E-state index contributed by atoms with van der Waals surface area (Å²) < 4.78 is 13.2. The van der Waals surface area contributed by atoms with Gasteiger partial charge in [0, 0.05) is 11.6 Å². The van der Waals surface area contributed by atoms with Crippen molar-refractivity contribution in [2.45, 2.75) is 0 Å². The Morgan fingerprint density at radius 1 is 1.33 bits per heavy atom. The lowest BCUT2D eigenvalue weighted by atomic mass is 10.1. The highest BCUT2D eigenvalue weighted by Gasteiger charge is 2.08. The summed E-state index contributed by atoms with van der Waals surface area (Å²) in [5.41, 5.74) is -0.548. The number of pyridine rings is 1. The fraction of sp³-hybridized carbons (Fsp3) is 0. The van der Waals surface area contributed by atoms with E-state index in [4.69, 9.17) is 5.11 Å². The standard InChI is InChI=1S/C10H6FNO3/c11-8-4-12-9(13)7-3-5(10(14)15)1-2-6(7)8/h1-4H,(H,12,13)(H,14,15). The lowest BCUT2D eigenvalue weighted by Crippen LogP contribution is -2.08. The Bertz CT molecular complexity index is 603. The molecular weight excluding hydrogens is 201 g/mol. The number of hydrogen-bond donors (Lipinski definition) is 2. The monoisotopic (exact) mass is 207 g/mol. The van der Waals surface area contributed by atoms with Gasteiger partial charge in [0.2, 0.25) is 0 Å². The van der Waals surface area contributed by atoms with Gasteiger partial charge in [-0.25, -0.2) is 9.18 Å². The molecule has 76 valence electrons. The summed E-state index contributed by atoms with van der Waals surface area (Å²) >= 11 is 0. The number of hydrogen-bond acceptors (Lipinski definition) is 2. The predicted molar refractivity (Wildman–Crippen MR) is 51.5 cm³/mol. The van der Waals surface area contributed by atoms with Gasteiger partial charge >= 0.3 is 5.97 Å². The largest absolute Gasteiger partial charge is 0.478 e. The van der Waals surface area contributed by atoms with Crippen molar-refractivity contribution in [3.8, 4) is 0 Å². The fourth-order valence-corrected chi connectivity index (χ4v) is 1.36. The second kappa shape index (κ2) is 3.20. The Balaban J connectivity index is 2.87. The van der Waals surface area contributed by atoms with Crippen LogP contribution in [-0.4, -0.2) is 16.1 Å². The van der Waals surface area contributed by atoms with Crippen LogP contribution in [0.4, 0.5) is 4.39 Å². The smallest absolute Gasteiger partial charge is 0.335 e. The molecule has 0 bridgehead atoms. The number of carbonyl (C=O) groups is 1. The van der Waals surface area contributed by atoms with Gasteiger partial charge in [-0.05, 0) is 12.1 Å². The Kier molecular flexibility index (Phi) is 2.00. The van der Waals surface area contributed by atoms with Crippen LogP contribution in [0.1, 0.15) is 10.4 Å². The number of aromatic nitrogens is 1. The number of rotatable bonds is 1. The number of H-pyrrole nitrogens is 1. The molecule has 0 unspecified atom stereocenters. The van der Waals surface area contributed by atoms with E-state index in [0.29, 0.717) is 0 Å². The molecule has 0 fully saturated rings. The number of aromatic carboxylic acids is 1. The number of fused-ring (bicyclic) bond motifs is 1. The highest BCUT2D eigenvalue weighted by Crippen LogP contribution is 2.14. The van der Waals surface area contributed by atoms with Crippen LogP contribution in [0, 0.1) is 5.82 Å². The first-order chi connectivity index (χ1) is 7.09. The third kappa shape index (κ3) is 1.48. The van der Waals surface area contributed by atoms with Gasteiger partial charge in [-0.1, -0.05) is 6.07 Å². The molecule has 1 aromatic heterocycles. The maximum Gasteiger partial charge on any atom is 0.335 e. The van der Waals surface area contributed by atoms with Crippen molar-refractivity contribution < 1.29 is 14.3 Å². The summed E-state index contributed by atoms with van der Waals surface area (Å²) in [6, 6.07) is 3.69. The minimum absolute atomic E-state index is 0.0369. The number of benzene rings is 1. The number of halogens is 1. The topological polar surface area (TPSA) is 70.2 Å². The lowest BCUT2D eigenvalue weighted by Gasteiger charge is -1.99. The molecule has 0 aliphatic rings. The van der Waals surface area contributed by atoms with Crippen molar-refractivity contribution in [3.05, 3.63) is 46.1 Å². The Labute approximate surface area is 83.0 Å². The van der Waals surface area contributed by atoms with E-state index in [1.54, 1.807) is 0 Å². The zero-order valence-electron chi connectivity index (χ0n) is 7.45. The highest BCUT2D eigenvalue weighted by molar-refractivity contribution is 5.94. The first-order valence-corrected chi connectivity index (χ1v) is 4.14. The van der Waals surface area contributed by atoms with E-state index in [1.165, 1.54) is 12.1 Å². The molecule has 4 nitrogen and oxygen atoms in total. The lowest BCUT2D eigenvalue weighted by molar-refractivity contribution is 0.0697. The second-order valence-corrected chi connectivity index (χ2v) is 3.03. The van der Waals surface area contributed by atoms with Gasteiger partial charge in [0.05, 0.1) is 10.9 Å². The van der Waals surface area contributed by atoms with Crippen LogP contribution in [0.2, 0.25) is 0 Å². The maximum absolute atomic E-state index is 13.2. The molecule has 2 aromatic rings. The third-order valence-electron chi connectivity index (χ3n) is 2.10. The highest BCUT2D eigenvalue weighted by atomic mass is 19.1. The Morgan fingerprint density at radius 2 is 2.07 bits per heavy atom. The molecule has 0 radical (unpaired) electrons. The van der Waals surface area contributed by atoms with E-state index in [1.807, 2.05) is 0 Å². The van der Waals surface area contributed by atoms with Crippen LogP contribution < -0.4 is 5.56 Å². The van der Waals surface area contributed by atoms with Crippen molar-refractivity contribution in [2.24, 2.45) is 0 Å². The molecule has 0 atom stereocenters. The number of carboxylic acids is 1. The molecule has 2 N–H and O–H groups in total. The molecule has 5 heteroatoms. The van der Waals surface area contributed by atoms with E-state index < -0.39 is 17.3 Å². The zero-order chi connectivity index (χ0) is 11.0. The molecule has 15 heavy (non-hydrogen) atoms. The molecule has 0 saturated heterocycles. The van der Waals surface area contributed by atoms with Gasteiger partial charge < -0.3 is 10.1 Å². The Morgan fingerprint density at radius 3 is 2.73 bits per heavy atom. The van der Waals surface area contributed by atoms with Gasteiger partial charge in [0.25, 0.3) is 5.56 Å². The first-order valence-electron chi connectivity index (χ1n) is 4.14. The van der Waals surface area contributed by atoms with Gasteiger partial charge in [-0.3, -0.25) is 4.79 Å². The van der Waals surface area contributed by atoms with E-state index in [9.17, 15) is 14.0 Å². The summed E-state index contributed by atoms with van der Waals surface area (Å²) in [7, 11) is 0. The van der Waals surface area contributed by atoms with Crippen LogP contribution in [0.3, 0.4) is 0 Å². The van der Waals surface area contributed by atoms with Gasteiger partial charge in [-0.15, -0.1) is 0 Å². The minimum Gasteiger partial charge on any atom is -0.478 e. The minimum atomic E-state index is -1.15. The van der Waals surface area contributed by atoms with Crippen LogP contribution in [0.25, 0.3) is 10.8 Å². The van der Waals surface area contributed by atoms with E-state index in [2.05, 4.69) is 4.98 Å². The van der Waals surface area contributed by atoms with Crippen LogP contribution >= 0.6 is 0 Å². The molecule has 1 heterocycles. The maximum atomic E-state index is 13.2. The SMILES string of the molecule is O=C(O)c1ccc2c(F)c[nH]c(=O)c2c1. The van der Waals surface area contributed by atoms with E-state index in [0.717, 1.165) is 12.3 Å². The molecule has 0 saturated carbocycles. The molecule has 2 rings (SSSR count). The first kappa shape index (κ1) is 9.39. The molecular formula is C10H6FNO3. The molecule has 0 spiro atoms. The normalized spacial score (nSPS) is 10.5. The number of nitrogens with one attached hydrogen (secondary N) is 1. The van der Waals surface area contributed by atoms with Crippen molar-refractivity contribution in [1.82, 2.24) is 4.98 Å². The predicted octanol–water partition coefficient (Wildman–Crippen LogP) is 1.37. The van der Waals surface area contributed by atoms with Crippen LogP contribution in [0.5, 0.6) is 0 Å². The quantitative estimate of drug-likeness (QED) is 0.741. The Hall–Kier alpha value is -2.17. The summed E-state index contributed by atoms with van der Waals surface area (Å²) in [6.07, 6.45) is 0.950. The fourth-order valence-electron chi connectivity index (χ4n) is 1.36. The number of carboxylic acid groups (broad SMARTS) is 1. The summed E-state index contributed by atoms with van der Waals surface area (Å²) in [5, 5.41) is 8.85. The average Bonchev–Trinajstić information content (AvgIpc) is 2.23. The molecule has 0 amide bonds. The van der Waals surface area contributed by atoms with Gasteiger partial charge in [0.15, 0.2) is 0 Å². The summed E-state index contributed by atoms with van der Waals surface area (Å²) in [5.74, 6) is -1.73. The molecule has 0 aliphatic heterocycles. The second-order valence-electron chi connectivity index (χ2n) is 3.03. The molecule has 1 aromatic carbocycles. The van der Waals surface area contributed by atoms with Crippen molar-refractivity contribution in [3.63, 3.8) is 0 Å². The zero-order valence-corrected chi connectivity index (χ0v) is 7.45. The van der Waals surface area contributed by atoms with E-state index >= 15 is 0 Å². The summed E-state index contributed by atoms with van der Waals surface area (Å²) in [6.45, 7) is 0. The van der Waals surface area contributed by atoms with E-state index in [-0.39, 0.29) is 16.3 Å². The summed E-state index contributed by atoms with van der Waals surface area (Å²) in [4.78, 5) is 24.1.